The van der Waals surface area contributed by atoms with Crippen LogP contribution in [0.15, 0.2) is 10.5 Å². The molecule has 174 valence electrons. The molecule has 12 heteroatoms. The Labute approximate surface area is 188 Å². The number of nitrogens with zero attached hydrogens (tertiary/aromatic N) is 4. The number of rotatable bonds is 1. The van der Waals surface area contributed by atoms with Crippen molar-refractivity contribution >= 4 is 38.7 Å². The Morgan fingerprint density at radius 3 is 2.25 bits per heavy atom. The quantitative estimate of drug-likeness (QED) is 0.376. The Morgan fingerprint density at radius 1 is 1.12 bits per heavy atom. The van der Waals surface area contributed by atoms with E-state index in [0.29, 0.717) is 12.8 Å². The summed E-state index contributed by atoms with van der Waals surface area (Å²) in [5.41, 5.74) is -2.46. The van der Waals surface area contributed by atoms with Crippen molar-refractivity contribution in [1.29, 1.82) is 0 Å². The third-order valence-electron chi connectivity index (χ3n) is 5.51. The minimum Gasteiger partial charge on any atom is -0.444 e. The van der Waals surface area contributed by atoms with Gasteiger partial charge < -0.3 is 14.5 Å². The van der Waals surface area contributed by atoms with Crippen molar-refractivity contribution in [3.63, 3.8) is 0 Å². The molecule has 2 aromatic rings. The van der Waals surface area contributed by atoms with Gasteiger partial charge in [-0.1, -0.05) is 0 Å². The lowest BCUT2D eigenvalue weighted by molar-refractivity contribution is -0.138. The van der Waals surface area contributed by atoms with E-state index in [0.717, 1.165) is 6.07 Å². The molecule has 2 saturated heterocycles. The average Bonchev–Trinajstić information content (AvgIpc) is 2.90. The topological polar surface area (TPSA) is 58.6 Å². The predicted molar refractivity (Wildman–Crippen MR) is 109 cm³/mol. The third kappa shape index (κ3) is 4.08. The fourth-order valence-electron chi connectivity index (χ4n) is 4.29. The average molecular weight is 523 g/mol. The first kappa shape index (κ1) is 22.9. The highest BCUT2D eigenvalue weighted by atomic mass is 79.9. The molecular weight excluding hydrogens is 503 g/mol. The molecular formula is C20H20BrF5N4O2. The van der Waals surface area contributed by atoms with Gasteiger partial charge in [0, 0.05) is 30.6 Å². The number of amides is 1. The van der Waals surface area contributed by atoms with Gasteiger partial charge in [-0.15, -0.1) is 0 Å². The van der Waals surface area contributed by atoms with Crippen molar-refractivity contribution in [2.24, 2.45) is 0 Å². The van der Waals surface area contributed by atoms with Gasteiger partial charge in [0.2, 0.25) is 0 Å². The van der Waals surface area contributed by atoms with Crippen LogP contribution in [0.3, 0.4) is 0 Å². The van der Waals surface area contributed by atoms with Crippen LogP contribution in [0.5, 0.6) is 0 Å². The first-order valence-electron chi connectivity index (χ1n) is 9.95. The minimum absolute atomic E-state index is 0.110. The molecule has 32 heavy (non-hydrogen) atoms. The Morgan fingerprint density at radius 2 is 1.72 bits per heavy atom. The molecule has 1 aromatic carbocycles. The number of likely N-dealkylation sites (tertiary alicyclic amines) is 1. The molecule has 2 unspecified atom stereocenters. The lowest BCUT2D eigenvalue weighted by Gasteiger charge is -2.42. The molecule has 1 aromatic heterocycles. The number of hydrogen-bond acceptors (Lipinski definition) is 5. The summed E-state index contributed by atoms with van der Waals surface area (Å²) in [4.78, 5) is 22.9. The van der Waals surface area contributed by atoms with Crippen LogP contribution in [0.25, 0.3) is 10.9 Å². The smallest absolute Gasteiger partial charge is 0.417 e. The lowest BCUT2D eigenvalue weighted by atomic mass is 10.1. The monoisotopic (exact) mass is 522 g/mol. The largest absolute Gasteiger partial charge is 0.444 e. The molecule has 6 nitrogen and oxygen atoms in total. The summed E-state index contributed by atoms with van der Waals surface area (Å²) in [5, 5.41) is -0.234. The zero-order valence-corrected chi connectivity index (χ0v) is 19.0. The van der Waals surface area contributed by atoms with Gasteiger partial charge in [0.1, 0.15) is 16.9 Å². The van der Waals surface area contributed by atoms with Gasteiger partial charge in [-0.2, -0.15) is 27.5 Å². The number of halogens is 6. The summed E-state index contributed by atoms with van der Waals surface area (Å²) in [7, 11) is 0. The molecule has 1 amide bonds. The van der Waals surface area contributed by atoms with Crippen molar-refractivity contribution in [1.82, 2.24) is 14.9 Å². The lowest BCUT2D eigenvalue weighted by Crippen LogP contribution is -2.56. The second-order valence-corrected chi connectivity index (χ2v) is 9.73. The molecule has 2 atom stereocenters. The van der Waals surface area contributed by atoms with E-state index in [9.17, 15) is 26.7 Å². The van der Waals surface area contributed by atoms with Crippen molar-refractivity contribution < 1.29 is 31.5 Å². The van der Waals surface area contributed by atoms with Crippen LogP contribution < -0.4 is 4.90 Å². The molecule has 0 aliphatic carbocycles. The van der Waals surface area contributed by atoms with Crippen molar-refractivity contribution in [2.45, 2.75) is 57.5 Å². The number of hydrogen-bond donors (Lipinski definition) is 0. The molecule has 0 radical (unpaired) electrons. The number of anilines is 1. The Balaban J connectivity index is 1.76. The van der Waals surface area contributed by atoms with Crippen LogP contribution in [0.2, 0.25) is 0 Å². The van der Waals surface area contributed by atoms with Crippen LogP contribution in [-0.4, -0.2) is 51.7 Å². The second kappa shape index (κ2) is 7.67. The number of piperazine rings is 1. The van der Waals surface area contributed by atoms with Gasteiger partial charge in [-0.05, 0) is 55.6 Å². The van der Waals surface area contributed by atoms with Crippen LogP contribution in [0.4, 0.5) is 32.6 Å². The van der Waals surface area contributed by atoms with Crippen molar-refractivity contribution in [2.75, 3.05) is 18.0 Å². The number of carbonyl (C=O) groups is 1. The number of fused-ring (bicyclic) bond motifs is 3. The van der Waals surface area contributed by atoms with Gasteiger partial charge in [-0.3, -0.25) is 0 Å². The van der Waals surface area contributed by atoms with Gasteiger partial charge in [-0.25, -0.2) is 9.18 Å². The van der Waals surface area contributed by atoms with Crippen LogP contribution in [-0.2, 0) is 10.9 Å². The van der Waals surface area contributed by atoms with E-state index in [4.69, 9.17) is 4.74 Å². The Hall–Kier alpha value is -2.24. The molecule has 2 fully saturated rings. The normalized spacial score (nSPS) is 21.4. The van der Waals surface area contributed by atoms with Crippen LogP contribution >= 0.6 is 15.9 Å². The van der Waals surface area contributed by atoms with Gasteiger partial charge in [0.05, 0.1) is 10.0 Å². The fourth-order valence-corrected chi connectivity index (χ4v) is 4.82. The van der Waals surface area contributed by atoms with Gasteiger partial charge in [0.15, 0.2) is 5.82 Å². The van der Waals surface area contributed by atoms with Crippen LogP contribution in [0.1, 0.15) is 39.2 Å². The minimum atomic E-state index is -4.84. The maximum Gasteiger partial charge on any atom is 0.417 e. The highest BCUT2D eigenvalue weighted by Crippen LogP contribution is 2.43. The molecule has 0 N–H and O–H groups in total. The summed E-state index contributed by atoms with van der Waals surface area (Å²) >= 11 is 2.62. The highest BCUT2D eigenvalue weighted by molar-refractivity contribution is 9.10. The molecule has 0 saturated carbocycles. The Kier molecular flexibility index (Phi) is 5.50. The fraction of sp³-hybridized carbons (Fsp3) is 0.550. The van der Waals surface area contributed by atoms with E-state index in [1.807, 2.05) is 0 Å². The van der Waals surface area contributed by atoms with Gasteiger partial charge >= 0.3 is 18.3 Å². The van der Waals surface area contributed by atoms with Crippen molar-refractivity contribution in [3.8, 4) is 0 Å². The summed E-state index contributed by atoms with van der Waals surface area (Å²) in [6, 6.07) is 0.0661. The second-order valence-electron chi connectivity index (χ2n) is 8.94. The SMILES string of the molecule is CC(C)(C)OC(=O)N1CC2CCC(C1)N2c1nc(F)nc2c(F)c(Br)c(C(F)(F)F)cc12. The first-order valence-corrected chi connectivity index (χ1v) is 10.7. The number of alkyl halides is 3. The molecule has 3 heterocycles. The first-order chi connectivity index (χ1) is 14.8. The molecule has 2 aliphatic heterocycles. The molecule has 4 rings (SSSR count). The van der Waals surface area contributed by atoms with E-state index < -0.39 is 45.3 Å². The standard InChI is InChI=1S/C20H20BrF5N4O2/c1-19(2,3)32-18(31)29-7-9-4-5-10(8-29)30(9)16-11-6-12(20(24,25)26)13(21)14(22)15(11)27-17(23)28-16/h6,9-10H,4-5,7-8H2,1-3H3. The third-order valence-corrected chi connectivity index (χ3v) is 6.28. The Bertz CT molecular complexity index is 1070. The molecule has 2 aliphatic rings. The van der Waals surface area contributed by atoms with Crippen LogP contribution in [0, 0.1) is 11.9 Å². The summed E-state index contributed by atoms with van der Waals surface area (Å²) < 4.78 is 74.0. The zero-order valence-electron chi connectivity index (χ0n) is 17.4. The van der Waals surface area contributed by atoms with Crippen molar-refractivity contribution in [3.05, 3.63) is 28.0 Å². The van der Waals surface area contributed by atoms with E-state index in [1.54, 1.807) is 25.7 Å². The number of ether oxygens (including phenoxy) is 1. The van der Waals surface area contributed by atoms with E-state index in [1.165, 1.54) is 4.90 Å². The van der Waals surface area contributed by atoms with Gasteiger partial charge in [0.25, 0.3) is 0 Å². The summed E-state index contributed by atoms with van der Waals surface area (Å²) in [6.45, 7) is 5.69. The van der Waals surface area contributed by atoms with E-state index >= 15 is 0 Å². The number of aromatic nitrogens is 2. The maximum absolute atomic E-state index is 14.8. The molecule has 0 spiro atoms. The number of carbonyl (C=O) groups excluding carboxylic acids is 1. The maximum atomic E-state index is 14.8. The van der Waals surface area contributed by atoms with E-state index in [-0.39, 0.29) is 36.4 Å². The summed E-state index contributed by atoms with van der Waals surface area (Å²) in [5.74, 6) is -1.42. The highest BCUT2D eigenvalue weighted by Gasteiger charge is 2.44. The predicted octanol–water partition coefficient (Wildman–Crippen LogP) is 5.28. The zero-order chi connectivity index (χ0) is 23.6. The number of benzene rings is 1. The van der Waals surface area contributed by atoms with E-state index in [2.05, 4.69) is 25.9 Å². The summed E-state index contributed by atoms with van der Waals surface area (Å²) in [6.07, 6.45) is -5.35. The molecule has 2 bridgehead atoms.